The third-order valence-corrected chi connectivity index (χ3v) is 14.2. The summed E-state index contributed by atoms with van der Waals surface area (Å²) in [5, 5.41) is 35.3. The van der Waals surface area contributed by atoms with E-state index in [9.17, 15) is 39.3 Å². The monoisotopic (exact) mass is 1030 g/mol. The van der Waals surface area contributed by atoms with E-state index in [1.807, 2.05) is 20.8 Å². The van der Waals surface area contributed by atoms with Crippen molar-refractivity contribution in [3.8, 4) is 0 Å². The summed E-state index contributed by atoms with van der Waals surface area (Å²) >= 11 is 0. The number of rotatable bonds is 17. The van der Waals surface area contributed by atoms with Gasteiger partial charge in [-0.2, -0.15) is 0 Å². The van der Waals surface area contributed by atoms with Gasteiger partial charge in [-0.1, -0.05) is 52.8 Å². The van der Waals surface area contributed by atoms with Crippen LogP contribution in [-0.2, 0) is 76.1 Å². The minimum Gasteiger partial charge on any atom is -0.462 e. The SMILES string of the molecule is CC[C@H]1OC(=O)C[C@@H](O)[C@H](C)[C@H](O[C@H]2O[C@H](C)[C@@H](O[C@H]3C[C@@](C)(O)[C@@H](OC(C)=O)[C@H](C)O3)[C@H](N(C)C)[C@@H]2O)[C@@H](CC=O)C[C@@H](C)C(=O)C=CC=C[C@@H]1CO[C@@H]1O[C@H](C)[C@@H](OC(=O)CC(C)C)[C@@H](OC)[C@@H]1OC. The van der Waals surface area contributed by atoms with Crippen molar-refractivity contribution in [2.24, 2.45) is 29.6 Å². The smallest absolute Gasteiger partial charge is 0.308 e. The van der Waals surface area contributed by atoms with Gasteiger partial charge in [0, 0.05) is 58.2 Å². The molecule has 3 saturated heterocycles. The lowest BCUT2D eigenvalue weighted by molar-refractivity contribution is -0.342. The minimum atomic E-state index is -1.50. The van der Waals surface area contributed by atoms with Gasteiger partial charge in [0.2, 0.25) is 0 Å². The van der Waals surface area contributed by atoms with Crippen molar-refractivity contribution in [2.45, 2.75) is 212 Å². The van der Waals surface area contributed by atoms with Crippen molar-refractivity contribution >= 4 is 30.0 Å². The van der Waals surface area contributed by atoms with E-state index in [1.165, 1.54) is 34.1 Å². The van der Waals surface area contributed by atoms with E-state index in [2.05, 4.69) is 0 Å². The Balaban J connectivity index is 1.57. The molecule has 0 bridgehead atoms. The maximum absolute atomic E-state index is 13.9. The number of likely N-dealkylation sites (N-methyl/N-ethyl adjacent to an activating group) is 1. The average Bonchev–Trinajstić information content (AvgIpc) is 3.29. The normalized spacial score (nSPS) is 40.7. The fourth-order valence-electron chi connectivity index (χ4n) is 10.4. The molecule has 0 spiro atoms. The molecule has 20 heteroatoms. The van der Waals surface area contributed by atoms with Crippen LogP contribution >= 0.6 is 0 Å². The first-order chi connectivity index (χ1) is 33.9. The van der Waals surface area contributed by atoms with Gasteiger partial charge in [-0.3, -0.25) is 19.2 Å². The van der Waals surface area contributed by atoms with Crippen LogP contribution in [0.25, 0.3) is 0 Å². The van der Waals surface area contributed by atoms with Crippen LogP contribution < -0.4 is 0 Å². The summed E-state index contributed by atoms with van der Waals surface area (Å²) in [7, 11) is 6.44. The second kappa shape index (κ2) is 28.0. The number of aliphatic hydroxyl groups excluding tert-OH is 2. The number of cyclic esters (lactones) is 1. The number of nitrogens with zero attached hydrogens (tertiary/aromatic N) is 1. The summed E-state index contributed by atoms with van der Waals surface area (Å²) < 4.78 is 67.0. The first kappa shape index (κ1) is 61.3. The number of methoxy groups -OCH3 is 2. The zero-order chi connectivity index (χ0) is 53.8. The largest absolute Gasteiger partial charge is 0.462 e. The van der Waals surface area contributed by atoms with E-state index >= 15 is 0 Å². The maximum atomic E-state index is 13.9. The van der Waals surface area contributed by atoms with Gasteiger partial charge in [-0.15, -0.1) is 0 Å². The number of esters is 3. The number of carbonyl (C=O) groups is 5. The molecule has 0 saturated carbocycles. The number of carbonyl (C=O) groups excluding carboxylic acids is 5. The summed E-state index contributed by atoms with van der Waals surface area (Å²) in [6.45, 7) is 16.9. The van der Waals surface area contributed by atoms with Crippen LogP contribution in [0.2, 0.25) is 0 Å². The van der Waals surface area contributed by atoms with Crippen molar-refractivity contribution in [2.75, 3.05) is 34.9 Å². The molecule has 0 aromatic rings. The van der Waals surface area contributed by atoms with Gasteiger partial charge < -0.3 is 77.1 Å². The van der Waals surface area contributed by atoms with Crippen LogP contribution in [-0.4, -0.2) is 189 Å². The molecule has 0 aromatic carbocycles. The highest BCUT2D eigenvalue weighted by molar-refractivity contribution is 5.91. The zero-order valence-electron chi connectivity index (χ0n) is 44.8. The molecule has 0 aromatic heterocycles. The maximum Gasteiger partial charge on any atom is 0.308 e. The van der Waals surface area contributed by atoms with Crippen LogP contribution in [0.4, 0.5) is 0 Å². The van der Waals surface area contributed by atoms with Gasteiger partial charge in [0.1, 0.15) is 42.4 Å². The summed E-state index contributed by atoms with van der Waals surface area (Å²) in [5.41, 5.74) is -1.50. The second-order valence-electron chi connectivity index (χ2n) is 20.9. The van der Waals surface area contributed by atoms with Gasteiger partial charge in [0.15, 0.2) is 36.9 Å². The van der Waals surface area contributed by atoms with Gasteiger partial charge in [0.25, 0.3) is 0 Å². The van der Waals surface area contributed by atoms with E-state index in [0.29, 0.717) is 12.7 Å². The van der Waals surface area contributed by atoms with Gasteiger partial charge in [0.05, 0.1) is 49.6 Å². The highest BCUT2D eigenvalue weighted by Crippen LogP contribution is 2.38. The molecule has 0 unspecified atom stereocenters. The number of ketones is 1. The summed E-state index contributed by atoms with van der Waals surface area (Å²) in [4.78, 5) is 66.2. The third-order valence-electron chi connectivity index (χ3n) is 14.2. The number of allylic oxidation sites excluding steroid dienone is 3. The number of hydrogen-bond donors (Lipinski definition) is 3. The van der Waals surface area contributed by atoms with Crippen LogP contribution in [0, 0.1) is 29.6 Å². The van der Waals surface area contributed by atoms with Crippen molar-refractivity contribution in [3.63, 3.8) is 0 Å². The lowest BCUT2D eigenvalue weighted by atomic mass is 9.79. The number of hydrogen-bond acceptors (Lipinski definition) is 20. The molecule has 21 atom stereocenters. The Labute approximate surface area is 425 Å². The van der Waals surface area contributed by atoms with E-state index in [1.54, 1.807) is 71.8 Å². The molecule has 3 N–H and O–H groups in total. The molecular weight excluding hydrogens is 943 g/mol. The topological polar surface area (TPSA) is 251 Å². The Hall–Kier alpha value is -3.25. The molecule has 72 heavy (non-hydrogen) atoms. The molecule has 0 aliphatic carbocycles. The van der Waals surface area contributed by atoms with Gasteiger partial charge >= 0.3 is 17.9 Å². The highest BCUT2D eigenvalue weighted by Gasteiger charge is 2.53. The number of aldehydes is 1. The first-order valence-electron chi connectivity index (χ1n) is 25.4. The quantitative estimate of drug-likeness (QED) is 0.107. The standard InChI is InChI=1S/C52H85NO19/c1-15-38-35(26-64-51-48(63-14)47(62-13)46(31(7)67-51)70-39(58)22-27(2)3)18-16-17-19-36(56)28(4)23-34(20-21-54)44(29(5)37(57)24-40(59)69-38)72-50-43(60)42(53(11)12)45(30(6)66-50)71-41-25-52(10,61)49(32(8)65-41)68-33(9)55/h16-19,21,27-32,34-35,37-38,41-51,57,60-61H,15,20,22-26H2,1-14H3/t28-,29+,30-,31-,32+,34+,35-,37-,38-,41+,42-,43+,44+,45-,46-,47-,48+,49+,50-,51-,52-/m1/s1. The molecule has 4 rings (SSSR count). The number of ether oxygens (including phenoxy) is 11. The van der Waals surface area contributed by atoms with Crippen LogP contribution in [0.3, 0.4) is 0 Å². The highest BCUT2D eigenvalue weighted by atomic mass is 16.7. The van der Waals surface area contributed by atoms with Gasteiger partial charge in [-0.25, -0.2) is 0 Å². The van der Waals surface area contributed by atoms with E-state index in [-0.39, 0.29) is 44.0 Å². The van der Waals surface area contributed by atoms with Crippen molar-refractivity contribution in [1.82, 2.24) is 4.90 Å². The average molecular weight is 1030 g/mol. The molecule has 3 fully saturated rings. The Kier molecular flexibility index (Phi) is 23.9. The molecule has 20 nitrogen and oxygen atoms in total. The molecule has 4 aliphatic rings. The van der Waals surface area contributed by atoms with Crippen LogP contribution in [0.1, 0.15) is 108 Å². The predicted octanol–water partition coefficient (Wildman–Crippen LogP) is 3.61. The predicted molar refractivity (Wildman–Crippen MR) is 259 cm³/mol. The number of aliphatic hydroxyl groups is 3. The Morgan fingerprint density at radius 3 is 2.12 bits per heavy atom. The molecule has 4 heterocycles. The van der Waals surface area contributed by atoms with Crippen molar-refractivity contribution in [3.05, 3.63) is 24.3 Å². The van der Waals surface area contributed by atoms with E-state index in [0.717, 1.165) is 0 Å². The molecule has 0 amide bonds. The Morgan fingerprint density at radius 1 is 0.889 bits per heavy atom. The van der Waals surface area contributed by atoms with Crippen LogP contribution in [0.5, 0.6) is 0 Å². The van der Waals surface area contributed by atoms with E-state index in [4.69, 9.17) is 52.1 Å². The lowest BCUT2D eigenvalue weighted by Crippen LogP contribution is -2.65. The Morgan fingerprint density at radius 2 is 1.54 bits per heavy atom. The van der Waals surface area contributed by atoms with Gasteiger partial charge in [-0.05, 0) is 72.5 Å². The second-order valence-corrected chi connectivity index (χ2v) is 20.9. The Bertz CT molecular complexity index is 1810. The fourth-order valence-corrected chi connectivity index (χ4v) is 10.4. The summed E-state index contributed by atoms with van der Waals surface area (Å²) in [6.07, 6.45) is -6.95. The zero-order valence-corrected chi connectivity index (χ0v) is 44.8. The molecular formula is C52H85NO19. The summed E-state index contributed by atoms with van der Waals surface area (Å²) in [6, 6.07) is -0.785. The summed E-state index contributed by atoms with van der Waals surface area (Å²) in [5.74, 6) is -4.62. The minimum absolute atomic E-state index is 0.0413. The van der Waals surface area contributed by atoms with Crippen molar-refractivity contribution in [1.29, 1.82) is 0 Å². The fraction of sp³-hybridized carbons (Fsp3) is 0.827. The van der Waals surface area contributed by atoms with Crippen LogP contribution in [0.15, 0.2) is 24.3 Å². The molecule has 4 aliphatic heterocycles. The molecule has 0 radical (unpaired) electrons. The van der Waals surface area contributed by atoms with E-state index < -0.39 is 152 Å². The third kappa shape index (κ3) is 16.4. The van der Waals surface area contributed by atoms with Crippen molar-refractivity contribution < 1.29 is 91.4 Å². The molecule has 412 valence electrons. The first-order valence-corrected chi connectivity index (χ1v) is 25.4. The lowest BCUT2D eigenvalue weighted by Gasteiger charge is -2.50.